The maximum absolute atomic E-state index is 11.4. The summed E-state index contributed by atoms with van der Waals surface area (Å²) >= 11 is 0. The van der Waals surface area contributed by atoms with Crippen LogP contribution < -0.4 is 5.73 Å². The molecule has 1 atom stereocenters. The zero-order chi connectivity index (χ0) is 17.6. The van der Waals surface area contributed by atoms with Crippen molar-refractivity contribution in [3.05, 3.63) is 59.3 Å². The summed E-state index contributed by atoms with van der Waals surface area (Å²) in [5.74, 6) is -0.343. The van der Waals surface area contributed by atoms with Gasteiger partial charge in [0.1, 0.15) is 5.82 Å². The quantitative estimate of drug-likeness (QED) is 0.837. The van der Waals surface area contributed by atoms with E-state index in [0.717, 1.165) is 37.1 Å². The third-order valence-electron chi connectivity index (χ3n) is 4.47. The summed E-state index contributed by atoms with van der Waals surface area (Å²) in [5.41, 5.74) is 8.09. The minimum Gasteiger partial charge on any atom is -0.478 e. The Morgan fingerprint density at radius 1 is 1.36 bits per heavy atom. The van der Waals surface area contributed by atoms with Crippen molar-refractivity contribution in [2.45, 2.75) is 25.5 Å². The number of carboxylic acids is 1. The molecule has 1 aromatic heterocycles. The average molecular weight is 341 g/mol. The van der Waals surface area contributed by atoms with Gasteiger partial charge < -0.3 is 15.6 Å². The number of ether oxygens (including phenoxy) is 1. The van der Waals surface area contributed by atoms with Gasteiger partial charge in [0.05, 0.1) is 18.3 Å². The van der Waals surface area contributed by atoms with E-state index in [1.165, 1.54) is 0 Å². The van der Waals surface area contributed by atoms with Crippen LogP contribution in [0.5, 0.6) is 0 Å². The van der Waals surface area contributed by atoms with Crippen LogP contribution in [0, 0.1) is 0 Å². The van der Waals surface area contributed by atoms with Gasteiger partial charge in [-0.2, -0.15) is 0 Å². The summed E-state index contributed by atoms with van der Waals surface area (Å²) in [6.07, 6.45) is 3.65. The lowest BCUT2D eigenvalue weighted by Gasteiger charge is -2.33. The molecule has 1 fully saturated rings. The van der Waals surface area contributed by atoms with Gasteiger partial charge in [-0.3, -0.25) is 4.90 Å². The van der Waals surface area contributed by atoms with Crippen molar-refractivity contribution in [3.63, 3.8) is 0 Å². The van der Waals surface area contributed by atoms with Gasteiger partial charge in [-0.1, -0.05) is 18.2 Å². The Balaban J connectivity index is 1.57. The SMILES string of the molecule is Nc1cc(CC[C@@H]2CN(Cc3ccccc3C(=O)O)CCO2)ccn1. The second-order valence-electron chi connectivity index (χ2n) is 6.32. The van der Waals surface area contributed by atoms with E-state index in [-0.39, 0.29) is 6.10 Å². The number of hydrogen-bond donors (Lipinski definition) is 2. The van der Waals surface area contributed by atoms with Crippen LogP contribution >= 0.6 is 0 Å². The predicted molar refractivity (Wildman–Crippen MR) is 95.4 cm³/mol. The van der Waals surface area contributed by atoms with Crippen molar-refractivity contribution in [2.24, 2.45) is 0 Å². The van der Waals surface area contributed by atoms with Gasteiger partial charge in [-0.05, 0) is 42.2 Å². The summed E-state index contributed by atoms with van der Waals surface area (Å²) in [5, 5.41) is 9.32. The number of aromatic carboxylic acids is 1. The summed E-state index contributed by atoms with van der Waals surface area (Å²) < 4.78 is 5.87. The first-order valence-electron chi connectivity index (χ1n) is 8.47. The zero-order valence-electron chi connectivity index (χ0n) is 14.1. The Morgan fingerprint density at radius 2 is 2.20 bits per heavy atom. The Morgan fingerprint density at radius 3 is 3.00 bits per heavy atom. The van der Waals surface area contributed by atoms with Crippen molar-refractivity contribution < 1.29 is 14.6 Å². The Kier molecular flexibility index (Phi) is 5.63. The highest BCUT2D eigenvalue weighted by molar-refractivity contribution is 5.89. The van der Waals surface area contributed by atoms with Crippen molar-refractivity contribution in [1.82, 2.24) is 9.88 Å². The summed E-state index contributed by atoms with van der Waals surface area (Å²) in [4.78, 5) is 17.6. The molecule has 3 N–H and O–H groups in total. The first kappa shape index (κ1) is 17.4. The molecule has 132 valence electrons. The van der Waals surface area contributed by atoms with E-state index in [1.807, 2.05) is 24.3 Å². The molecule has 25 heavy (non-hydrogen) atoms. The molecule has 0 saturated carbocycles. The number of hydrogen-bond acceptors (Lipinski definition) is 5. The van der Waals surface area contributed by atoms with Crippen molar-refractivity contribution in [1.29, 1.82) is 0 Å². The number of aryl methyl sites for hydroxylation is 1. The topological polar surface area (TPSA) is 88.7 Å². The number of rotatable bonds is 6. The first-order valence-corrected chi connectivity index (χ1v) is 8.47. The molecule has 0 radical (unpaired) electrons. The molecule has 3 rings (SSSR count). The lowest BCUT2D eigenvalue weighted by Crippen LogP contribution is -2.42. The van der Waals surface area contributed by atoms with Gasteiger partial charge in [-0.15, -0.1) is 0 Å². The van der Waals surface area contributed by atoms with E-state index in [1.54, 1.807) is 18.3 Å². The number of nitrogens with two attached hydrogens (primary N) is 1. The molecular weight excluding hydrogens is 318 g/mol. The van der Waals surface area contributed by atoms with Crippen LogP contribution in [0.15, 0.2) is 42.6 Å². The largest absolute Gasteiger partial charge is 0.478 e. The fourth-order valence-corrected chi connectivity index (χ4v) is 3.18. The van der Waals surface area contributed by atoms with Crippen LogP contribution in [0.25, 0.3) is 0 Å². The molecule has 1 aliphatic rings. The van der Waals surface area contributed by atoms with Crippen LogP contribution in [-0.4, -0.2) is 46.8 Å². The molecule has 0 amide bonds. The van der Waals surface area contributed by atoms with Crippen molar-refractivity contribution >= 4 is 11.8 Å². The molecule has 0 aliphatic carbocycles. The summed E-state index contributed by atoms with van der Waals surface area (Å²) in [6, 6.07) is 11.0. The molecule has 0 unspecified atom stereocenters. The number of aromatic nitrogens is 1. The van der Waals surface area contributed by atoms with Gasteiger partial charge in [0, 0.05) is 25.8 Å². The highest BCUT2D eigenvalue weighted by Gasteiger charge is 2.22. The number of nitrogen functional groups attached to an aromatic ring is 1. The zero-order valence-corrected chi connectivity index (χ0v) is 14.1. The molecular formula is C19H23N3O3. The molecule has 2 aromatic rings. The maximum atomic E-state index is 11.4. The second-order valence-corrected chi connectivity index (χ2v) is 6.32. The van der Waals surface area contributed by atoms with Gasteiger partial charge >= 0.3 is 5.97 Å². The van der Waals surface area contributed by atoms with Crippen LogP contribution in [-0.2, 0) is 17.7 Å². The molecule has 1 aromatic carbocycles. The molecule has 0 bridgehead atoms. The third-order valence-corrected chi connectivity index (χ3v) is 4.47. The average Bonchev–Trinajstić information content (AvgIpc) is 2.61. The van der Waals surface area contributed by atoms with Crippen molar-refractivity contribution in [3.8, 4) is 0 Å². The summed E-state index contributed by atoms with van der Waals surface area (Å²) in [7, 11) is 0. The van der Waals surface area contributed by atoms with Gasteiger partial charge in [0.2, 0.25) is 0 Å². The fraction of sp³-hybridized carbons (Fsp3) is 0.368. The second kappa shape index (κ2) is 8.09. The van der Waals surface area contributed by atoms with Crippen LogP contribution in [0.4, 0.5) is 5.82 Å². The van der Waals surface area contributed by atoms with Crippen LogP contribution in [0.3, 0.4) is 0 Å². The van der Waals surface area contributed by atoms with E-state index in [0.29, 0.717) is 24.5 Å². The van der Waals surface area contributed by atoms with E-state index >= 15 is 0 Å². The third kappa shape index (κ3) is 4.78. The maximum Gasteiger partial charge on any atom is 0.336 e. The number of nitrogens with zero attached hydrogens (tertiary/aromatic N) is 2. The number of pyridine rings is 1. The lowest BCUT2D eigenvalue weighted by atomic mass is 10.0. The number of anilines is 1. The van der Waals surface area contributed by atoms with E-state index in [2.05, 4.69) is 9.88 Å². The van der Waals surface area contributed by atoms with Gasteiger partial charge in [0.25, 0.3) is 0 Å². The first-order chi connectivity index (χ1) is 12.1. The fourth-order valence-electron chi connectivity index (χ4n) is 3.18. The minimum atomic E-state index is -0.879. The molecule has 6 heteroatoms. The van der Waals surface area contributed by atoms with E-state index in [9.17, 15) is 9.90 Å². The van der Waals surface area contributed by atoms with Gasteiger partial charge in [-0.25, -0.2) is 9.78 Å². The number of benzene rings is 1. The Bertz CT molecular complexity index is 735. The molecule has 1 saturated heterocycles. The predicted octanol–water partition coefficient (Wildman–Crippen LogP) is 2.20. The molecule has 6 nitrogen and oxygen atoms in total. The van der Waals surface area contributed by atoms with Crippen molar-refractivity contribution in [2.75, 3.05) is 25.4 Å². The van der Waals surface area contributed by atoms with Crippen LogP contribution in [0.1, 0.15) is 27.9 Å². The smallest absolute Gasteiger partial charge is 0.336 e. The minimum absolute atomic E-state index is 0.139. The summed E-state index contributed by atoms with van der Waals surface area (Å²) in [6.45, 7) is 2.91. The number of morpholine rings is 1. The Hall–Kier alpha value is -2.44. The van der Waals surface area contributed by atoms with E-state index in [4.69, 9.17) is 10.5 Å². The molecule has 2 heterocycles. The van der Waals surface area contributed by atoms with Crippen LogP contribution in [0.2, 0.25) is 0 Å². The Labute approximate surface area is 147 Å². The normalized spacial score (nSPS) is 18.2. The highest BCUT2D eigenvalue weighted by atomic mass is 16.5. The standard InChI is InChI=1S/C19H23N3O3/c20-18-11-14(7-8-21-18)5-6-16-13-22(9-10-25-16)12-15-3-1-2-4-17(15)19(23)24/h1-4,7-8,11,16H,5-6,9-10,12-13H2,(H2,20,21)(H,23,24)/t16-/m1/s1. The molecule has 0 spiro atoms. The lowest BCUT2D eigenvalue weighted by molar-refractivity contribution is -0.0346. The number of carbonyl (C=O) groups is 1. The highest BCUT2D eigenvalue weighted by Crippen LogP contribution is 2.17. The monoisotopic (exact) mass is 341 g/mol. The van der Waals surface area contributed by atoms with Gasteiger partial charge in [0.15, 0.2) is 0 Å². The number of carboxylic acid groups (broad SMARTS) is 1. The van der Waals surface area contributed by atoms with E-state index < -0.39 is 5.97 Å². The molecule has 1 aliphatic heterocycles.